The van der Waals surface area contributed by atoms with Gasteiger partial charge in [-0.3, -0.25) is 4.79 Å². The van der Waals surface area contributed by atoms with Crippen molar-refractivity contribution in [2.24, 2.45) is 5.73 Å². The summed E-state index contributed by atoms with van der Waals surface area (Å²) in [7, 11) is 3.16. The minimum Gasteiger partial charge on any atom is -0.504 e. The average molecular weight is 275 g/mol. The van der Waals surface area contributed by atoms with Crippen LogP contribution < -0.4 is 10.5 Å². The Morgan fingerprint density at radius 1 is 1.56 bits per heavy atom. The molecule has 1 rings (SSSR count). The Bertz CT molecular complexity index is 410. The van der Waals surface area contributed by atoms with Crippen LogP contribution in [0.3, 0.4) is 0 Å². The number of carbonyl (C=O) groups excluding carboxylic acids is 1. The summed E-state index contributed by atoms with van der Waals surface area (Å²) in [6.07, 6.45) is 0. The number of phenols is 1. The van der Waals surface area contributed by atoms with Gasteiger partial charge in [0, 0.05) is 13.6 Å². The molecule has 0 fully saturated rings. The molecule has 0 aliphatic rings. The number of phenolic OH excluding ortho intramolecular Hbond substituents is 1. The average Bonchev–Trinajstić information content (AvgIpc) is 2.28. The topological polar surface area (TPSA) is 75.8 Å². The zero-order valence-corrected chi connectivity index (χ0v) is 11.5. The highest BCUT2D eigenvalue weighted by molar-refractivity contribution is 5.85. The van der Waals surface area contributed by atoms with Crippen molar-refractivity contribution >= 4 is 18.3 Å². The number of hydrogen-bond acceptors (Lipinski definition) is 4. The molecule has 0 aromatic heterocycles. The number of benzene rings is 1. The molecule has 1 aromatic rings. The van der Waals surface area contributed by atoms with Gasteiger partial charge in [-0.2, -0.15) is 0 Å². The van der Waals surface area contributed by atoms with Crippen molar-refractivity contribution in [2.75, 3.05) is 14.2 Å². The predicted octanol–water partition coefficient (Wildman–Crippen LogP) is 1.13. The lowest BCUT2D eigenvalue weighted by Crippen LogP contribution is -2.39. The van der Waals surface area contributed by atoms with Crippen molar-refractivity contribution < 1.29 is 14.6 Å². The number of nitrogens with two attached hydrogens (primary N) is 1. The van der Waals surface area contributed by atoms with E-state index in [1.54, 1.807) is 32.2 Å². The second-order valence-electron chi connectivity index (χ2n) is 3.99. The van der Waals surface area contributed by atoms with Gasteiger partial charge in [0.25, 0.3) is 0 Å². The van der Waals surface area contributed by atoms with E-state index in [1.807, 2.05) is 0 Å². The monoisotopic (exact) mass is 274 g/mol. The molecule has 0 aliphatic carbocycles. The van der Waals surface area contributed by atoms with Gasteiger partial charge in [0.05, 0.1) is 13.2 Å². The molecule has 0 aliphatic heterocycles. The van der Waals surface area contributed by atoms with E-state index in [9.17, 15) is 9.90 Å². The highest BCUT2D eigenvalue weighted by atomic mass is 35.5. The zero-order chi connectivity index (χ0) is 13.0. The van der Waals surface area contributed by atoms with Gasteiger partial charge >= 0.3 is 0 Å². The molecule has 0 bridgehead atoms. The van der Waals surface area contributed by atoms with Gasteiger partial charge in [-0.15, -0.1) is 12.4 Å². The molecule has 0 heterocycles. The Hall–Kier alpha value is -1.46. The third-order valence-electron chi connectivity index (χ3n) is 2.43. The molecule has 1 atom stereocenters. The van der Waals surface area contributed by atoms with Crippen LogP contribution in [-0.4, -0.2) is 36.1 Å². The Balaban J connectivity index is 0.00000289. The number of hydrogen-bond donors (Lipinski definition) is 2. The lowest BCUT2D eigenvalue weighted by molar-refractivity contribution is -0.131. The first-order valence-corrected chi connectivity index (χ1v) is 5.32. The summed E-state index contributed by atoms with van der Waals surface area (Å²) in [5, 5.41) is 9.60. The first kappa shape index (κ1) is 16.5. The van der Waals surface area contributed by atoms with Crippen molar-refractivity contribution in [3.8, 4) is 11.5 Å². The number of methoxy groups -OCH3 is 1. The fraction of sp³-hybridized carbons (Fsp3) is 0.417. The van der Waals surface area contributed by atoms with Gasteiger partial charge in [0.15, 0.2) is 11.5 Å². The molecule has 0 radical (unpaired) electrons. The van der Waals surface area contributed by atoms with Gasteiger partial charge in [0.2, 0.25) is 5.91 Å². The number of aromatic hydroxyl groups is 1. The number of amides is 1. The third kappa shape index (κ3) is 4.09. The molecule has 102 valence electrons. The quantitative estimate of drug-likeness (QED) is 0.863. The first-order valence-electron chi connectivity index (χ1n) is 5.32. The van der Waals surface area contributed by atoms with E-state index in [2.05, 4.69) is 0 Å². The molecule has 18 heavy (non-hydrogen) atoms. The maximum Gasteiger partial charge on any atom is 0.239 e. The fourth-order valence-corrected chi connectivity index (χ4v) is 1.53. The minimum atomic E-state index is -0.521. The normalized spacial score (nSPS) is 11.3. The molecular weight excluding hydrogens is 256 g/mol. The number of halogens is 1. The Morgan fingerprint density at radius 2 is 2.17 bits per heavy atom. The van der Waals surface area contributed by atoms with Crippen molar-refractivity contribution in [3.63, 3.8) is 0 Å². The van der Waals surface area contributed by atoms with Crippen LogP contribution in [0.1, 0.15) is 12.5 Å². The molecular formula is C12H19ClN2O3. The molecule has 5 nitrogen and oxygen atoms in total. The highest BCUT2D eigenvalue weighted by Crippen LogP contribution is 2.26. The van der Waals surface area contributed by atoms with Crippen molar-refractivity contribution in [1.29, 1.82) is 0 Å². The van der Waals surface area contributed by atoms with Crippen LogP contribution in [0.25, 0.3) is 0 Å². The molecule has 1 aromatic carbocycles. The molecule has 0 unspecified atom stereocenters. The Morgan fingerprint density at radius 3 is 2.61 bits per heavy atom. The minimum absolute atomic E-state index is 0. The maximum atomic E-state index is 11.6. The standard InChI is InChI=1S/C12H18N2O3.ClH/c1-8(13)12(16)14(2)7-9-4-5-11(17-3)10(15)6-9;/h4-6,8,15H,7,13H2,1-3H3;1H/t8-;/m0./s1. The first-order chi connectivity index (χ1) is 7.95. The summed E-state index contributed by atoms with van der Waals surface area (Å²) in [6.45, 7) is 2.04. The van der Waals surface area contributed by atoms with Crippen LogP contribution in [0.15, 0.2) is 18.2 Å². The summed E-state index contributed by atoms with van der Waals surface area (Å²) in [6, 6.07) is 4.51. The van der Waals surface area contributed by atoms with Crippen LogP contribution >= 0.6 is 12.4 Å². The van der Waals surface area contributed by atoms with Crippen LogP contribution in [0.5, 0.6) is 11.5 Å². The van der Waals surface area contributed by atoms with Crippen molar-refractivity contribution in [3.05, 3.63) is 23.8 Å². The zero-order valence-electron chi connectivity index (χ0n) is 10.7. The SMILES string of the molecule is COc1ccc(CN(C)C(=O)[C@H](C)N)cc1O.Cl. The summed E-state index contributed by atoms with van der Waals surface area (Å²) in [5.41, 5.74) is 6.32. The van der Waals surface area contributed by atoms with Gasteiger partial charge in [0.1, 0.15) is 0 Å². The molecule has 0 saturated heterocycles. The van der Waals surface area contributed by atoms with Gasteiger partial charge in [-0.1, -0.05) is 6.07 Å². The Labute approximate surface area is 113 Å². The summed E-state index contributed by atoms with van der Waals surface area (Å²) < 4.78 is 4.94. The maximum absolute atomic E-state index is 11.6. The van der Waals surface area contributed by atoms with E-state index in [1.165, 1.54) is 12.0 Å². The summed E-state index contributed by atoms with van der Waals surface area (Å²) >= 11 is 0. The molecule has 0 saturated carbocycles. The van der Waals surface area contributed by atoms with Crippen molar-refractivity contribution in [1.82, 2.24) is 4.90 Å². The van der Waals surface area contributed by atoms with Gasteiger partial charge < -0.3 is 20.5 Å². The smallest absolute Gasteiger partial charge is 0.239 e. The predicted molar refractivity (Wildman–Crippen MR) is 72.0 cm³/mol. The fourth-order valence-electron chi connectivity index (χ4n) is 1.53. The Kier molecular flexibility index (Phi) is 6.51. The number of nitrogens with zero attached hydrogens (tertiary/aromatic N) is 1. The lowest BCUT2D eigenvalue weighted by atomic mass is 10.2. The molecule has 3 N–H and O–H groups in total. The number of rotatable bonds is 4. The number of ether oxygens (including phenoxy) is 1. The molecule has 0 spiro atoms. The van der Waals surface area contributed by atoms with E-state index in [0.29, 0.717) is 12.3 Å². The van der Waals surface area contributed by atoms with E-state index in [4.69, 9.17) is 10.5 Å². The van der Waals surface area contributed by atoms with E-state index in [-0.39, 0.29) is 24.1 Å². The second-order valence-corrected chi connectivity index (χ2v) is 3.99. The van der Waals surface area contributed by atoms with Crippen LogP contribution in [-0.2, 0) is 11.3 Å². The number of likely N-dealkylation sites (N-methyl/N-ethyl adjacent to an activating group) is 1. The van der Waals surface area contributed by atoms with Gasteiger partial charge in [-0.05, 0) is 24.6 Å². The van der Waals surface area contributed by atoms with Crippen LogP contribution in [0.2, 0.25) is 0 Å². The molecule has 1 amide bonds. The molecule has 6 heteroatoms. The van der Waals surface area contributed by atoms with Crippen LogP contribution in [0, 0.1) is 0 Å². The highest BCUT2D eigenvalue weighted by Gasteiger charge is 2.14. The second kappa shape index (κ2) is 7.08. The largest absolute Gasteiger partial charge is 0.504 e. The van der Waals surface area contributed by atoms with E-state index in [0.717, 1.165) is 5.56 Å². The lowest BCUT2D eigenvalue weighted by Gasteiger charge is -2.19. The number of carbonyl (C=O) groups is 1. The van der Waals surface area contributed by atoms with Crippen molar-refractivity contribution in [2.45, 2.75) is 19.5 Å². The summed E-state index contributed by atoms with van der Waals surface area (Å²) in [5.74, 6) is 0.335. The van der Waals surface area contributed by atoms with Crippen LogP contribution in [0.4, 0.5) is 0 Å². The van der Waals surface area contributed by atoms with Gasteiger partial charge in [-0.25, -0.2) is 0 Å². The van der Waals surface area contributed by atoms with E-state index < -0.39 is 6.04 Å². The third-order valence-corrected chi connectivity index (χ3v) is 2.43. The summed E-state index contributed by atoms with van der Waals surface area (Å²) in [4.78, 5) is 13.1. The van der Waals surface area contributed by atoms with E-state index >= 15 is 0 Å².